The maximum Gasteiger partial charge on any atom is 0.271 e. The molecule has 3 rings (SSSR count). The zero-order valence-corrected chi connectivity index (χ0v) is 20.4. The van der Waals surface area contributed by atoms with Gasteiger partial charge in [-0.2, -0.15) is 5.10 Å². The van der Waals surface area contributed by atoms with Crippen LogP contribution < -0.4 is 9.73 Å². The van der Waals surface area contributed by atoms with E-state index >= 15 is 0 Å². The number of halogens is 1. The van der Waals surface area contributed by atoms with Gasteiger partial charge in [0, 0.05) is 10.0 Å². The predicted octanol–water partition coefficient (Wildman–Crippen LogP) is 4.88. The molecule has 1 N–H and O–H groups in total. The van der Waals surface area contributed by atoms with Crippen molar-refractivity contribution in [1.82, 2.24) is 5.43 Å². The molecular weight excluding hydrogens is 490 g/mol. The Hall–Kier alpha value is -2.97. The summed E-state index contributed by atoms with van der Waals surface area (Å²) in [6.45, 7) is 3.97. The molecular formula is C24H24BrN3O3S. The number of aryl methyl sites for hydroxylation is 1. The van der Waals surface area contributed by atoms with Crippen LogP contribution in [0.4, 0.5) is 5.69 Å². The number of nitrogens with zero attached hydrogens (tertiary/aromatic N) is 2. The lowest BCUT2D eigenvalue weighted by molar-refractivity contribution is 0.0955. The van der Waals surface area contributed by atoms with Crippen LogP contribution >= 0.6 is 15.9 Å². The topological polar surface area (TPSA) is 78.8 Å². The van der Waals surface area contributed by atoms with E-state index in [9.17, 15) is 13.2 Å². The third kappa shape index (κ3) is 6.05. The monoisotopic (exact) mass is 513 g/mol. The van der Waals surface area contributed by atoms with Crippen molar-refractivity contribution in [2.45, 2.75) is 20.4 Å². The highest BCUT2D eigenvalue weighted by Gasteiger charge is 2.19. The first kappa shape index (κ1) is 23.7. The number of nitrogens with one attached hydrogen (secondary N) is 1. The molecule has 0 unspecified atom stereocenters. The Morgan fingerprint density at radius 2 is 1.69 bits per heavy atom. The van der Waals surface area contributed by atoms with Gasteiger partial charge in [-0.05, 0) is 66.9 Å². The molecule has 0 fully saturated rings. The van der Waals surface area contributed by atoms with Crippen LogP contribution in [-0.4, -0.2) is 26.3 Å². The van der Waals surface area contributed by atoms with Gasteiger partial charge in [0.15, 0.2) is 0 Å². The first-order valence-electron chi connectivity index (χ1n) is 9.88. The van der Waals surface area contributed by atoms with Crippen molar-refractivity contribution in [3.8, 4) is 0 Å². The second-order valence-electron chi connectivity index (χ2n) is 7.39. The maximum atomic E-state index is 12.5. The minimum atomic E-state index is -3.51. The number of hydrogen-bond donors (Lipinski definition) is 1. The quantitative estimate of drug-likeness (QED) is 0.361. The van der Waals surface area contributed by atoms with Gasteiger partial charge in [0.1, 0.15) is 0 Å². The van der Waals surface area contributed by atoms with Gasteiger partial charge >= 0.3 is 0 Å². The molecule has 0 bridgehead atoms. The number of amides is 1. The van der Waals surface area contributed by atoms with E-state index in [1.54, 1.807) is 31.2 Å². The molecule has 0 saturated heterocycles. The molecule has 1 amide bonds. The van der Waals surface area contributed by atoms with E-state index in [1.807, 2.05) is 55.5 Å². The van der Waals surface area contributed by atoms with E-state index < -0.39 is 10.0 Å². The van der Waals surface area contributed by atoms with Crippen LogP contribution in [0.2, 0.25) is 0 Å². The number of benzene rings is 3. The molecule has 0 heterocycles. The average Bonchev–Trinajstić information content (AvgIpc) is 2.76. The molecule has 3 aromatic carbocycles. The Morgan fingerprint density at radius 3 is 2.31 bits per heavy atom. The molecule has 0 spiro atoms. The number of carbonyl (C=O) groups excluding carboxylic acids is 1. The van der Waals surface area contributed by atoms with E-state index in [4.69, 9.17) is 0 Å². The van der Waals surface area contributed by atoms with Gasteiger partial charge in [-0.3, -0.25) is 9.10 Å². The fraction of sp³-hybridized carbons (Fsp3) is 0.167. The molecule has 6 nitrogen and oxygen atoms in total. The van der Waals surface area contributed by atoms with Gasteiger partial charge in [0.05, 0.1) is 24.2 Å². The summed E-state index contributed by atoms with van der Waals surface area (Å²) in [5, 5.41) is 4.16. The largest absolute Gasteiger partial charge is 0.271 e. The number of hydrazone groups is 1. The number of carbonyl (C=O) groups is 1. The van der Waals surface area contributed by atoms with E-state index in [0.29, 0.717) is 17.0 Å². The summed E-state index contributed by atoms with van der Waals surface area (Å²) in [6, 6.07) is 21.7. The highest BCUT2D eigenvalue weighted by atomic mass is 79.9. The molecule has 3 aromatic rings. The van der Waals surface area contributed by atoms with Crippen LogP contribution in [0.1, 0.15) is 34.0 Å². The van der Waals surface area contributed by atoms with Crippen LogP contribution in [0.15, 0.2) is 82.4 Å². The van der Waals surface area contributed by atoms with Crippen molar-refractivity contribution in [2.75, 3.05) is 10.6 Å². The lowest BCUT2D eigenvalue weighted by Gasteiger charge is -2.23. The summed E-state index contributed by atoms with van der Waals surface area (Å²) in [5.74, 6) is -0.379. The maximum absolute atomic E-state index is 12.5. The van der Waals surface area contributed by atoms with Gasteiger partial charge in [-0.1, -0.05) is 52.3 Å². The summed E-state index contributed by atoms with van der Waals surface area (Å²) < 4.78 is 27.1. The number of sulfonamides is 1. The van der Waals surface area contributed by atoms with Gasteiger partial charge < -0.3 is 0 Å². The Kier molecular flexibility index (Phi) is 7.48. The second kappa shape index (κ2) is 10.1. The fourth-order valence-electron chi connectivity index (χ4n) is 3.10. The van der Waals surface area contributed by atoms with E-state index in [0.717, 1.165) is 21.2 Å². The lowest BCUT2D eigenvalue weighted by Crippen LogP contribution is -2.29. The standard InChI is InChI=1S/C24H24BrN3O3S/c1-17-7-4-5-8-21(17)16-28(32(3,30)31)23-13-11-19(12-14-23)24(29)27-26-18(2)20-9-6-10-22(25)15-20/h4-15H,16H2,1-3H3,(H,27,29)/b26-18-. The van der Waals surface area contributed by atoms with E-state index in [2.05, 4.69) is 26.5 Å². The highest BCUT2D eigenvalue weighted by Crippen LogP contribution is 2.22. The second-order valence-corrected chi connectivity index (χ2v) is 10.2. The number of rotatable bonds is 7. The molecule has 8 heteroatoms. The minimum absolute atomic E-state index is 0.215. The summed E-state index contributed by atoms with van der Waals surface area (Å²) in [4.78, 5) is 12.5. The van der Waals surface area contributed by atoms with Crippen molar-refractivity contribution >= 4 is 43.3 Å². The van der Waals surface area contributed by atoms with Crippen molar-refractivity contribution in [3.05, 3.63) is 99.5 Å². The molecule has 0 aromatic heterocycles. The van der Waals surface area contributed by atoms with Gasteiger partial charge in [-0.25, -0.2) is 13.8 Å². The molecule has 0 radical (unpaired) electrons. The smallest absolute Gasteiger partial charge is 0.267 e. The van der Waals surface area contributed by atoms with Crippen LogP contribution in [0, 0.1) is 6.92 Å². The lowest BCUT2D eigenvalue weighted by atomic mass is 10.1. The Balaban J connectivity index is 1.76. The molecule has 0 saturated carbocycles. The summed E-state index contributed by atoms with van der Waals surface area (Å²) in [7, 11) is -3.51. The van der Waals surface area contributed by atoms with Crippen LogP contribution in [0.5, 0.6) is 0 Å². The number of hydrogen-bond acceptors (Lipinski definition) is 4. The minimum Gasteiger partial charge on any atom is -0.267 e. The van der Waals surface area contributed by atoms with E-state index in [-0.39, 0.29) is 12.5 Å². The van der Waals surface area contributed by atoms with Crippen molar-refractivity contribution < 1.29 is 13.2 Å². The van der Waals surface area contributed by atoms with Crippen molar-refractivity contribution in [3.63, 3.8) is 0 Å². The molecule has 0 atom stereocenters. The fourth-order valence-corrected chi connectivity index (χ4v) is 4.38. The van der Waals surface area contributed by atoms with Crippen molar-refractivity contribution in [2.24, 2.45) is 5.10 Å². The molecule has 0 aliphatic heterocycles. The number of anilines is 1. The molecule has 0 aliphatic carbocycles. The summed E-state index contributed by atoms with van der Waals surface area (Å²) in [5.41, 5.74) is 6.88. The average molecular weight is 514 g/mol. The first-order chi connectivity index (χ1) is 15.1. The normalized spacial score (nSPS) is 11.8. The molecule has 166 valence electrons. The summed E-state index contributed by atoms with van der Waals surface area (Å²) in [6.07, 6.45) is 1.17. The summed E-state index contributed by atoms with van der Waals surface area (Å²) >= 11 is 3.41. The van der Waals surface area contributed by atoms with Crippen LogP contribution in [-0.2, 0) is 16.6 Å². The molecule has 32 heavy (non-hydrogen) atoms. The van der Waals surface area contributed by atoms with Gasteiger partial charge in [-0.15, -0.1) is 0 Å². The highest BCUT2D eigenvalue weighted by molar-refractivity contribution is 9.10. The van der Waals surface area contributed by atoms with Crippen LogP contribution in [0.3, 0.4) is 0 Å². The third-order valence-electron chi connectivity index (χ3n) is 4.96. The van der Waals surface area contributed by atoms with Crippen LogP contribution in [0.25, 0.3) is 0 Å². The SMILES string of the molecule is C/C(=N/NC(=O)c1ccc(N(Cc2ccccc2C)S(C)(=O)=O)cc1)c1cccc(Br)c1. The zero-order valence-electron chi connectivity index (χ0n) is 18.0. The third-order valence-corrected chi connectivity index (χ3v) is 6.59. The first-order valence-corrected chi connectivity index (χ1v) is 12.5. The Bertz CT molecular complexity index is 1260. The Morgan fingerprint density at radius 1 is 1.00 bits per heavy atom. The van der Waals surface area contributed by atoms with Gasteiger partial charge in [0.25, 0.3) is 5.91 Å². The Labute approximate surface area is 197 Å². The molecule has 0 aliphatic rings. The van der Waals surface area contributed by atoms with Crippen molar-refractivity contribution in [1.29, 1.82) is 0 Å². The predicted molar refractivity (Wildman–Crippen MR) is 132 cm³/mol. The van der Waals surface area contributed by atoms with E-state index in [1.165, 1.54) is 10.6 Å². The van der Waals surface area contributed by atoms with Gasteiger partial charge in [0.2, 0.25) is 10.0 Å². The zero-order chi connectivity index (χ0) is 23.3.